The molecule has 0 spiro atoms. The molecule has 9 heteroatoms. The molecule has 0 radical (unpaired) electrons. The van der Waals surface area contributed by atoms with Gasteiger partial charge < -0.3 is 10.1 Å². The van der Waals surface area contributed by atoms with Crippen molar-refractivity contribution in [3.8, 4) is 0 Å². The molecule has 1 aliphatic rings. The molecule has 0 atom stereocenters. The maximum atomic E-state index is 12.3. The van der Waals surface area contributed by atoms with Crippen LogP contribution in [0.25, 0.3) is 6.08 Å². The zero-order chi connectivity index (χ0) is 21.0. The van der Waals surface area contributed by atoms with Gasteiger partial charge in [-0.2, -0.15) is 0 Å². The number of rotatable bonds is 6. The second-order valence-electron chi connectivity index (χ2n) is 6.25. The van der Waals surface area contributed by atoms with Crippen molar-refractivity contribution in [2.75, 3.05) is 11.9 Å². The lowest BCUT2D eigenvalue weighted by Crippen LogP contribution is -2.20. The molecule has 2 aromatic carbocycles. The number of fused-ring (bicyclic) bond motifs is 1. The van der Waals surface area contributed by atoms with Crippen molar-refractivity contribution in [2.45, 2.75) is 12.8 Å². The lowest BCUT2D eigenvalue weighted by Gasteiger charge is -2.17. The average Bonchev–Trinajstić information content (AvgIpc) is 2.70. The predicted octanol–water partition coefficient (Wildman–Crippen LogP) is 3.57. The van der Waals surface area contributed by atoms with Gasteiger partial charge in [0, 0.05) is 29.8 Å². The lowest BCUT2D eigenvalue weighted by molar-refractivity contribution is -0.384. The van der Waals surface area contributed by atoms with E-state index in [0.29, 0.717) is 29.7 Å². The van der Waals surface area contributed by atoms with E-state index < -0.39 is 17.5 Å². The van der Waals surface area contributed by atoms with Crippen LogP contribution in [0.1, 0.15) is 27.9 Å². The number of ketones is 1. The van der Waals surface area contributed by atoms with Crippen LogP contribution in [0.3, 0.4) is 0 Å². The van der Waals surface area contributed by atoms with Crippen LogP contribution in [0.5, 0.6) is 0 Å². The first-order chi connectivity index (χ1) is 13.8. The van der Waals surface area contributed by atoms with Gasteiger partial charge in [0.05, 0.1) is 4.92 Å². The summed E-state index contributed by atoms with van der Waals surface area (Å²) in [5, 5.41) is 13.6. The van der Waals surface area contributed by atoms with E-state index in [1.54, 1.807) is 18.2 Å². The molecule has 148 valence electrons. The molecule has 0 bridgehead atoms. The number of carbonyl (C=O) groups excluding carboxylic acids is 3. The van der Waals surface area contributed by atoms with Gasteiger partial charge in [-0.3, -0.25) is 19.7 Å². The molecule has 0 saturated carbocycles. The summed E-state index contributed by atoms with van der Waals surface area (Å²) in [6.45, 7) is -0.449. The third-order valence-electron chi connectivity index (χ3n) is 4.25. The molecule has 1 aliphatic heterocycles. The molecule has 1 heterocycles. The Balaban J connectivity index is 1.59. The molecule has 0 aliphatic carbocycles. The number of halogens is 1. The molecular weight excluding hydrogens is 400 g/mol. The van der Waals surface area contributed by atoms with Gasteiger partial charge in [0.15, 0.2) is 12.4 Å². The van der Waals surface area contributed by atoms with Gasteiger partial charge in [0.1, 0.15) is 5.02 Å². The number of nitro groups is 1. The predicted molar refractivity (Wildman–Crippen MR) is 106 cm³/mol. The summed E-state index contributed by atoms with van der Waals surface area (Å²) in [6, 6.07) is 8.97. The van der Waals surface area contributed by atoms with Crippen LogP contribution >= 0.6 is 11.6 Å². The molecule has 29 heavy (non-hydrogen) atoms. The maximum Gasteiger partial charge on any atom is 0.331 e. The number of carbonyl (C=O) groups is 3. The normalized spacial score (nSPS) is 12.9. The fourth-order valence-corrected chi connectivity index (χ4v) is 2.95. The third-order valence-corrected chi connectivity index (χ3v) is 4.57. The highest BCUT2D eigenvalue weighted by atomic mass is 35.5. The largest absolute Gasteiger partial charge is 0.454 e. The number of nitrogens with one attached hydrogen (secondary N) is 1. The number of hydrogen-bond donors (Lipinski definition) is 1. The quantitative estimate of drug-likeness (QED) is 0.254. The molecule has 0 aromatic heterocycles. The summed E-state index contributed by atoms with van der Waals surface area (Å²) in [4.78, 5) is 45.7. The van der Waals surface area contributed by atoms with Gasteiger partial charge in [-0.15, -0.1) is 0 Å². The minimum absolute atomic E-state index is 0.00932. The van der Waals surface area contributed by atoms with Crippen LogP contribution in [-0.4, -0.2) is 29.2 Å². The third kappa shape index (κ3) is 5.05. The molecule has 0 unspecified atom stereocenters. The van der Waals surface area contributed by atoms with E-state index in [2.05, 4.69) is 5.32 Å². The second kappa shape index (κ2) is 8.66. The fourth-order valence-electron chi connectivity index (χ4n) is 2.76. The topological polar surface area (TPSA) is 116 Å². The van der Waals surface area contributed by atoms with Crippen molar-refractivity contribution in [1.29, 1.82) is 0 Å². The van der Waals surface area contributed by atoms with Gasteiger partial charge in [-0.05, 0) is 47.9 Å². The standard InChI is InChI=1S/C20H15ClN2O6/c21-15-5-1-12(9-17(15)23(27)28)2-8-20(26)29-11-18(24)14-3-6-16-13(10-14)4-7-19(25)22-16/h1-3,5-6,8-10H,4,7,11H2,(H,22,25)/b8-2+. The van der Waals surface area contributed by atoms with Crippen LogP contribution in [0.2, 0.25) is 5.02 Å². The molecule has 0 saturated heterocycles. The Bertz CT molecular complexity index is 1050. The zero-order valence-electron chi connectivity index (χ0n) is 15.0. The number of aryl methyl sites for hydroxylation is 1. The molecule has 0 fully saturated rings. The van der Waals surface area contributed by atoms with Gasteiger partial charge in [-0.1, -0.05) is 17.7 Å². The highest BCUT2D eigenvalue weighted by Gasteiger charge is 2.17. The van der Waals surface area contributed by atoms with Crippen LogP contribution in [0.15, 0.2) is 42.5 Å². The van der Waals surface area contributed by atoms with E-state index in [1.807, 2.05) is 0 Å². The number of anilines is 1. The Kier molecular flexibility index (Phi) is 6.04. The number of nitro benzene ring substituents is 1. The minimum atomic E-state index is -0.763. The van der Waals surface area contributed by atoms with E-state index in [1.165, 1.54) is 24.3 Å². The zero-order valence-corrected chi connectivity index (χ0v) is 15.8. The number of amides is 1. The minimum Gasteiger partial charge on any atom is -0.454 e. The highest BCUT2D eigenvalue weighted by molar-refractivity contribution is 6.32. The molecular formula is C20H15ClN2O6. The summed E-state index contributed by atoms with van der Waals surface area (Å²) in [7, 11) is 0. The Labute approximate surface area is 170 Å². The Morgan fingerprint density at radius 2 is 2.00 bits per heavy atom. The smallest absolute Gasteiger partial charge is 0.331 e. The first-order valence-corrected chi connectivity index (χ1v) is 8.96. The fraction of sp³-hybridized carbons (Fsp3) is 0.150. The van der Waals surface area contributed by atoms with E-state index in [-0.39, 0.29) is 22.4 Å². The summed E-state index contributed by atoms with van der Waals surface area (Å²) in [6.07, 6.45) is 3.30. The molecule has 1 amide bonds. The number of esters is 1. The van der Waals surface area contributed by atoms with E-state index in [4.69, 9.17) is 16.3 Å². The number of Topliss-reactive ketones (excluding diaryl/α,β-unsaturated/α-hetero) is 1. The highest BCUT2D eigenvalue weighted by Crippen LogP contribution is 2.26. The van der Waals surface area contributed by atoms with Crippen molar-refractivity contribution < 1.29 is 24.0 Å². The number of hydrogen-bond acceptors (Lipinski definition) is 6. The van der Waals surface area contributed by atoms with Crippen molar-refractivity contribution in [1.82, 2.24) is 0 Å². The van der Waals surface area contributed by atoms with E-state index in [0.717, 1.165) is 11.6 Å². The van der Waals surface area contributed by atoms with Gasteiger partial charge in [0.25, 0.3) is 5.69 Å². The van der Waals surface area contributed by atoms with Crippen LogP contribution in [-0.2, 0) is 20.7 Å². The monoisotopic (exact) mass is 414 g/mol. The lowest BCUT2D eigenvalue weighted by atomic mass is 9.99. The molecule has 8 nitrogen and oxygen atoms in total. The number of nitrogens with zero attached hydrogens (tertiary/aromatic N) is 1. The van der Waals surface area contributed by atoms with Crippen molar-refractivity contribution in [3.63, 3.8) is 0 Å². The Morgan fingerprint density at radius 1 is 1.21 bits per heavy atom. The summed E-state index contributed by atoms with van der Waals surface area (Å²) >= 11 is 5.73. The molecule has 2 aromatic rings. The maximum absolute atomic E-state index is 12.3. The van der Waals surface area contributed by atoms with Gasteiger partial charge >= 0.3 is 5.97 Å². The number of benzene rings is 2. The van der Waals surface area contributed by atoms with E-state index in [9.17, 15) is 24.5 Å². The summed E-state index contributed by atoms with van der Waals surface area (Å²) in [5.74, 6) is -1.21. The summed E-state index contributed by atoms with van der Waals surface area (Å²) in [5.41, 5.74) is 2.02. The van der Waals surface area contributed by atoms with Gasteiger partial charge in [0.2, 0.25) is 5.91 Å². The average molecular weight is 415 g/mol. The van der Waals surface area contributed by atoms with Crippen molar-refractivity contribution >= 4 is 46.7 Å². The van der Waals surface area contributed by atoms with Crippen molar-refractivity contribution in [2.24, 2.45) is 0 Å². The first-order valence-electron chi connectivity index (χ1n) is 8.58. The Hall–Kier alpha value is -3.52. The van der Waals surface area contributed by atoms with Crippen LogP contribution in [0, 0.1) is 10.1 Å². The van der Waals surface area contributed by atoms with Crippen LogP contribution < -0.4 is 5.32 Å². The SMILES string of the molecule is O=C1CCc2cc(C(=O)COC(=O)/C=C/c3ccc(Cl)c([N+](=O)[O-])c3)ccc2N1. The Morgan fingerprint density at radius 3 is 2.76 bits per heavy atom. The van der Waals surface area contributed by atoms with Gasteiger partial charge in [-0.25, -0.2) is 4.79 Å². The second-order valence-corrected chi connectivity index (χ2v) is 6.66. The van der Waals surface area contributed by atoms with E-state index >= 15 is 0 Å². The molecule has 3 rings (SSSR count). The first kappa shape index (κ1) is 20.2. The van der Waals surface area contributed by atoms with Crippen LogP contribution in [0.4, 0.5) is 11.4 Å². The van der Waals surface area contributed by atoms with Crippen molar-refractivity contribution in [3.05, 3.63) is 74.3 Å². The number of ether oxygens (including phenoxy) is 1. The summed E-state index contributed by atoms with van der Waals surface area (Å²) < 4.78 is 4.94. The molecule has 1 N–H and O–H groups in total.